The predicted molar refractivity (Wildman–Crippen MR) is 77.8 cm³/mol. The Bertz CT molecular complexity index is 483. The Balaban J connectivity index is 1.96. The van der Waals surface area contributed by atoms with Crippen molar-refractivity contribution in [3.63, 3.8) is 0 Å². The van der Waals surface area contributed by atoms with Crippen molar-refractivity contribution in [2.75, 3.05) is 20.1 Å². The fraction of sp³-hybridized carbons (Fsp3) is 0.714. The molecule has 1 aliphatic carbocycles. The molecule has 1 saturated heterocycles. The highest BCUT2D eigenvalue weighted by Gasteiger charge is 2.51. The highest BCUT2D eigenvalue weighted by atomic mass is 16.2. The van der Waals surface area contributed by atoms with E-state index >= 15 is 0 Å². The third-order valence-corrected chi connectivity index (χ3v) is 4.23. The Morgan fingerprint density at radius 3 is 2.36 bits per heavy atom. The van der Waals surface area contributed by atoms with Crippen molar-refractivity contribution >= 4 is 23.8 Å². The van der Waals surface area contributed by atoms with Crippen LogP contribution in [0.3, 0.4) is 0 Å². The van der Waals surface area contributed by atoms with Gasteiger partial charge in [-0.05, 0) is 12.8 Å². The average Bonchev–Trinajstić information content (AvgIpc) is 2.68. The number of carbonyl (C=O) groups is 4. The van der Waals surface area contributed by atoms with Gasteiger partial charge >= 0.3 is 6.03 Å². The van der Waals surface area contributed by atoms with Gasteiger partial charge in [0.1, 0.15) is 12.1 Å². The zero-order valence-corrected chi connectivity index (χ0v) is 12.7. The molecule has 3 N–H and O–H groups in total. The van der Waals surface area contributed by atoms with Gasteiger partial charge in [-0.3, -0.25) is 19.3 Å². The minimum atomic E-state index is -0.839. The van der Waals surface area contributed by atoms with E-state index in [1.165, 1.54) is 7.05 Å². The lowest BCUT2D eigenvalue weighted by Crippen LogP contribution is -2.47. The van der Waals surface area contributed by atoms with Crippen LogP contribution in [0.25, 0.3) is 0 Å². The van der Waals surface area contributed by atoms with Crippen molar-refractivity contribution < 1.29 is 19.2 Å². The molecule has 0 aromatic heterocycles. The van der Waals surface area contributed by atoms with Crippen LogP contribution in [-0.2, 0) is 14.4 Å². The van der Waals surface area contributed by atoms with Gasteiger partial charge in [0, 0.05) is 7.05 Å². The third-order valence-electron chi connectivity index (χ3n) is 4.23. The number of nitrogens with zero attached hydrogens (tertiary/aromatic N) is 1. The van der Waals surface area contributed by atoms with E-state index < -0.39 is 17.5 Å². The molecule has 1 heterocycles. The molecule has 1 saturated carbocycles. The van der Waals surface area contributed by atoms with Crippen molar-refractivity contribution in [1.82, 2.24) is 20.9 Å². The maximum atomic E-state index is 12.6. The fourth-order valence-electron chi connectivity index (χ4n) is 2.96. The fourth-order valence-corrected chi connectivity index (χ4v) is 2.96. The van der Waals surface area contributed by atoms with Gasteiger partial charge in [-0.15, -0.1) is 0 Å². The normalized spacial score (nSPS) is 20.5. The van der Waals surface area contributed by atoms with Crippen LogP contribution in [0.15, 0.2) is 0 Å². The van der Waals surface area contributed by atoms with Crippen LogP contribution in [0.4, 0.5) is 4.79 Å². The van der Waals surface area contributed by atoms with E-state index in [-0.39, 0.29) is 24.9 Å². The molecule has 8 nitrogen and oxygen atoms in total. The second kappa shape index (κ2) is 6.76. The Kier molecular flexibility index (Phi) is 4.99. The van der Waals surface area contributed by atoms with Crippen LogP contribution in [0, 0.1) is 0 Å². The number of likely N-dealkylation sites (N-methyl/N-ethyl adjacent to an activating group) is 1. The first-order chi connectivity index (χ1) is 10.5. The van der Waals surface area contributed by atoms with E-state index in [1.807, 2.05) is 0 Å². The van der Waals surface area contributed by atoms with Crippen molar-refractivity contribution in [1.29, 1.82) is 0 Å². The Hall–Kier alpha value is -2.12. The molecule has 2 fully saturated rings. The molecule has 0 aromatic carbocycles. The largest absolute Gasteiger partial charge is 0.358 e. The van der Waals surface area contributed by atoms with Crippen molar-refractivity contribution in [3.05, 3.63) is 0 Å². The molecule has 122 valence electrons. The van der Waals surface area contributed by atoms with Crippen molar-refractivity contribution in [2.45, 2.75) is 44.1 Å². The van der Waals surface area contributed by atoms with Crippen molar-refractivity contribution in [2.24, 2.45) is 0 Å². The predicted octanol–water partition coefficient (Wildman–Crippen LogP) is -0.507. The molecular weight excluding hydrogens is 288 g/mol. The maximum absolute atomic E-state index is 12.6. The summed E-state index contributed by atoms with van der Waals surface area (Å²) in [5.41, 5.74) is -0.839. The lowest BCUT2D eigenvalue weighted by Gasteiger charge is -2.24. The van der Waals surface area contributed by atoms with Gasteiger partial charge in [-0.2, -0.15) is 0 Å². The van der Waals surface area contributed by atoms with E-state index in [2.05, 4.69) is 16.0 Å². The molecular formula is C14H22N4O4. The van der Waals surface area contributed by atoms with E-state index in [9.17, 15) is 19.2 Å². The smallest absolute Gasteiger partial charge is 0.325 e. The molecule has 0 radical (unpaired) electrons. The summed E-state index contributed by atoms with van der Waals surface area (Å²) in [7, 11) is 1.46. The van der Waals surface area contributed by atoms with E-state index in [4.69, 9.17) is 0 Å². The first-order valence-electron chi connectivity index (χ1n) is 7.60. The standard InChI is InChI=1S/C14H22N4O4/c1-15-10(19)8-16-11(20)9-18-12(21)14(17-13(18)22)6-4-2-3-5-7-14/h2-9H2,1H3,(H,15,19)(H,16,20)(H,17,22). The van der Waals surface area contributed by atoms with Gasteiger partial charge in [-0.1, -0.05) is 25.7 Å². The molecule has 0 unspecified atom stereocenters. The summed E-state index contributed by atoms with van der Waals surface area (Å²) >= 11 is 0. The number of carbonyl (C=O) groups excluding carboxylic acids is 4. The summed E-state index contributed by atoms with van der Waals surface area (Å²) in [6, 6.07) is -0.526. The van der Waals surface area contributed by atoms with E-state index in [1.54, 1.807) is 0 Å². The van der Waals surface area contributed by atoms with Gasteiger partial charge in [-0.25, -0.2) is 4.79 Å². The van der Waals surface area contributed by atoms with E-state index in [0.29, 0.717) is 12.8 Å². The van der Waals surface area contributed by atoms with Crippen molar-refractivity contribution in [3.8, 4) is 0 Å². The number of nitrogens with one attached hydrogen (secondary N) is 3. The molecule has 22 heavy (non-hydrogen) atoms. The van der Waals surface area contributed by atoms with Gasteiger partial charge in [0.15, 0.2) is 0 Å². The number of rotatable bonds is 4. The van der Waals surface area contributed by atoms with Gasteiger partial charge < -0.3 is 16.0 Å². The monoisotopic (exact) mass is 310 g/mol. The number of hydrogen-bond acceptors (Lipinski definition) is 4. The van der Waals surface area contributed by atoms with Crippen LogP contribution in [-0.4, -0.2) is 54.3 Å². The molecule has 2 rings (SSSR count). The topological polar surface area (TPSA) is 108 Å². The Morgan fingerprint density at radius 2 is 1.77 bits per heavy atom. The molecule has 0 atom stereocenters. The molecule has 2 aliphatic rings. The highest BCUT2D eigenvalue weighted by Crippen LogP contribution is 2.32. The van der Waals surface area contributed by atoms with Gasteiger partial charge in [0.25, 0.3) is 5.91 Å². The molecule has 1 aliphatic heterocycles. The van der Waals surface area contributed by atoms with Gasteiger partial charge in [0.2, 0.25) is 11.8 Å². The quantitative estimate of drug-likeness (QED) is 0.608. The minimum absolute atomic E-state index is 0.176. The number of urea groups is 1. The average molecular weight is 310 g/mol. The second-order valence-corrected chi connectivity index (χ2v) is 5.77. The number of hydrogen-bond donors (Lipinski definition) is 3. The van der Waals surface area contributed by atoms with Crippen LogP contribution in [0.1, 0.15) is 38.5 Å². The summed E-state index contributed by atoms with van der Waals surface area (Å²) < 4.78 is 0. The molecule has 0 bridgehead atoms. The number of amides is 5. The Morgan fingerprint density at radius 1 is 1.14 bits per heavy atom. The minimum Gasteiger partial charge on any atom is -0.358 e. The van der Waals surface area contributed by atoms with Gasteiger partial charge in [0.05, 0.1) is 6.54 Å². The lowest BCUT2D eigenvalue weighted by molar-refractivity contribution is -0.135. The summed E-state index contributed by atoms with van der Waals surface area (Å²) in [5.74, 6) is -1.20. The second-order valence-electron chi connectivity index (χ2n) is 5.77. The van der Waals surface area contributed by atoms with Crippen LogP contribution in [0.2, 0.25) is 0 Å². The van der Waals surface area contributed by atoms with E-state index in [0.717, 1.165) is 30.6 Å². The summed E-state index contributed by atoms with van der Waals surface area (Å²) in [6.45, 7) is -0.534. The molecule has 1 spiro atoms. The first-order valence-corrected chi connectivity index (χ1v) is 7.60. The zero-order valence-electron chi connectivity index (χ0n) is 12.7. The lowest BCUT2D eigenvalue weighted by atomic mass is 9.90. The number of imide groups is 1. The zero-order chi connectivity index (χ0) is 16.2. The summed E-state index contributed by atoms with van der Waals surface area (Å²) in [5, 5.41) is 7.52. The highest BCUT2D eigenvalue weighted by molar-refractivity contribution is 6.09. The third kappa shape index (κ3) is 3.37. The maximum Gasteiger partial charge on any atom is 0.325 e. The molecule has 5 amide bonds. The summed E-state index contributed by atoms with van der Waals surface area (Å²) in [4.78, 5) is 48.4. The summed E-state index contributed by atoms with van der Waals surface area (Å²) in [6.07, 6.45) is 5.13. The molecule has 0 aromatic rings. The van der Waals surface area contributed by atoms with Crippen LogP contribution >= 0.6 is 0 Å². The van der Waals surface area contributed by atoms with Crippen LogP contribution < -0.4 is 16.0 Å². The van der Waals surface area contributed by atoms with Crippen LogP contribution in [0.5, 0.6) is 0 Å². The Labute approximate surface area is 129 Å². The SMILES string of the molecule is CNC(=O)CNC(=O)CN1C(=O)NC2(CCCCCC2)C1=O. The molecule has 8 heteroatoms. The first kappa shape index (κ1) is 16.3.